The summed E-state index contributed by atoms with van der Waals surface area (Å²) in [6.07, 6.45) is 4.17. The Hall–Kier alpha value is -0.960. The number of hydrogen-bond acceptors (Lipinski definition) is 2. The molecule has 0 aliphatic carbocycles. The predicted octanol–water partition coefficient (Wildman–Crippen LogP) is 1.81. The van der Waals surface area contributed by atoms with E-state index in [4.69, 9.17) is 17.3 Å². The Kier molecular flexibility index (Phi) is 2.50. The summed E-state index contributed by atoms with van der Waals surface area (Å²) < 4.78 is 1.73. The SMILES string of the molecule is Nc1cc(Cl)c(=O)n2c1CCCCC2. The average molecular weight is 213 g/mol. The lowest BCUT2D eigenvalue weighted by atomic mass is 10.1. The van der Waals surface area contributed by atoms with Gasteiger partial charge >= 0.3 is 0 Å². The van der Waals surface area contributed by atoms with Crippen molar-refractivity contribution in [3.05, 3.63) is 27.1 Å². The Labute approximate surface area is 87.5 Å². The maximum atomic E-state index is 11.7. The molecule has 4 heteroatoms. The molecule has 76 valence electrons. The smallest absolute Gasteiger partial charge is 0.269 e. The Morgan fingerprint density at radius 1 is 1.36 bits per heavy atom. The van der Waals surface area contributed by atoms with E-state index in [9.17, 15) is 4.79 Å². The number of nitrogen functional groups attached to an aromatic ring is 1. The van der Waals surface area contributed by atoms with Crippen molar-refractivity contribution < 1.29 is 0 Å². The molecule has 2 heterocycles. The molecule has 0 bridgehead atoms. The number of nitrogens with zero attached hydrogens (tertiary/aromatic N) is 1. The second-order valence-corrected chi connectivity index (χ2v) is 4.07. The van der Waals surface area contributed by atoms with Gasteiger partial charge < -0.3 is 10.3 Å². The minimum atomic E-state index is -0.0993. The van der Waals surface area contributed by atoms with Gasteiger partial charge in [-0.05, 0) is 25.3 Å². The quantitative estimate of drug-likeness (QED) is 0.713. The van der Waals surface area contributed by atoms with Gasteiger partial charge in [0.1, 0.15) is 5.02 Å². The number of rotatable bonds is 0. The second-order valence-electron chi connectivity index (χ2n) is 3.66. The van der Waals surface area contributed by atoms with Crippen molar-refractivity contribution in [2.45, 2.75) is 32.2 Å². The molecule has 2 N–H and O–H groups in total. The second kappa shape index (κ2) is 3.65. The topological polar surface area (TPSA) is 48.0 Å². The first-order valence-electron chi connectivity index (χ1n) is 4.88. The monoisotopic (exact) mass is 212 g/mol. The maximum absolute atomic E-state index is 11.7. The average Bonchev–Trinajstić information content (AvgIpc) is 2.39. The van der Waals surface area contributed by atoms with E-state index >= 15 is 0 Å². The predicted molar refractivity (Wildman–Crippen MR) is 57.7 cm³/mol. The van der Waals surface area contributed by atoms with Gasteiger partial charge in [-0.1, -0.05) is 18.0 Å². The summed E-state index contributed by atoms with van der Waals surface area (Å²) >= 11 is 5.79. The van der Waals surface area contributed by atoms with E-state index in [1.807, 2.05) is 0 Å². The van der Waals surface area contributed by atoms with Crippen LogP contribution in [-0.4, -0.2) is 4.57 Å². The fourth-order valence-corrected chi connectivity index (χ4v) is 2.16. The number of halogens is 1. The van der Waals surface area contributed by atoms with Crippen LogP contribution in [0.2, 0.25) is 5.02 Å². The van der Waals surface area contributed by atoms with Crippen LogP contribution >= 0.6 is 11.6 Å². The largest absolute Gasteiger partial charge is 0.397 e. The molecule has 0 amide bonds. The van der Waals surface area contributed by atoms with Crippen LogP contribution in [0.1, 0.15) is 25.0 Å². The molecule has 0 radical (unpaired) electrons. The standard InChI is InChI=1S/C10H13ClN2O/c11-7-6-8(12)9-4-2-1-3-5-13(9)10(7)14/h6H,1-5,12H2. The first-order valence-corrected chi connectivity index (χ1v) is 5.25. The Morgan fingerprint density at radius 2 is 2.14 bits per heavy atom. The summed E-state index contributed by atoms with van der Waals surface area (Å²) in [5.74, 6) is 0. The van der Waals surface area contributed by atoms with E-state index in [0.29, 0.717) is 5.69 Å². The number of hydrogen-bond donors (Lipinski definition) is 1. The molecule has 1 aromatic rings. The van der Waals surface area contributed by atoms with Gasteiger partial charge in [0.15, 0.2) is 0 Å². The Morgan fingerprint density at radius 3 is 2.93 bits per heavy atom. The highest BCUT2D eigenvalue weighted by molar-refractivity contribution is 6.30. The molecule has 14 heavy (non-hydrogen) atoms. The molecule has 1 aromatic heterocycles. The molecule has 0 unspecified atom stereocenters. The summed E-state index contributed by atoms with van der Waals surface area (Å²) in [5, 5.41) is 0.230. The zero-order valence-electron chi connectivity index (χ0n) is 7.92. The van der Waals surface area contributed by atoms with Crippen molar-refractivity contribution in [2.24, 2.45) is 0 Å². The molecule has 3 nitrogen and oxygen atoms in total. The van der Waals surface area contributed by atoms with Gasteiger partial charge in [-0.3, -0.25) is 4.79 Å². The number of aromatic nitrogens is 1. The highest BCUT2D eigenvalue weighted by Crippen LogP contribution is 2.20. The van der Waals surface area contributed by atoms with Crippen LogP contribution in [0.25, 0.3) is 0 Å². The first-order chi connectivity index (χ1) is 6.70. The fraction of sp³-hybridized carbons (Fsp3) is 0.500. The number of pyridine rings is 1. The van der Waals surface area contributed by atoms with E-state index < -0.39 is 0 Å². The van der Waals surface area contributed by atoms with Gasteiger partial charge in [-0.25, -0.2) is 0 Å². The van der Waals surface area contributed by atoms with Crippen LogP contribution in [0.15, 0.2) is 10.9 Å². The number of anilines is 1. The molecule has 0 aromatic carbocycles. The molecule has 2 rings (SSSR count). The van der Waals surface area contributed by atoms with Crippen LogP contribution < -0.4 is 11.3 Å². The van der Waals surface area contributed by atoms with Gasteiger partial charge in [-0.15, -0.1) is 0 Å². The van der Waals surface area contributed by atoms with E-state index in [0.717, 1.165) is 37.9 Å². The van der Waals surface area contributed by atoms with Gasteiger partial charge in [-0.2, -0.15) is 0 Å². The summed E-state index contributed by atoms with van der Waals surface area (Å²) in [6, 6.07) is 1.57. The molecule has 0 saturated heterocycles. The highest BCUT2D eigenvalue weighted by Gasteiger charge is 2.13. The van der Waals surface area contributed by atoms with Crippen LogP contribution in [0, 0.1) is 0 Å². The van der Waals surface area contributed by atoms with Crippen LogP contribution in [0.3, 0.4) is 0 Å². The first kappa shape index (κ1) is 9.59. The molecule has 1 aliphatic heterocycles. The molecule has 0 fully saturated rings. The van der Waals surface area contributed by atoms with Crippen LogP contribution in [0.4, 0.5) is 5.69 Å². The number of nitrogens with two attached hydrogens (primary N) is 1. The van der Waals surface area contributed by atoms with Crippen LogP contribution in [-0.2, 0) is 13.0 Å². The Bertz CT molecular complexity index is 411. The van der Waals surface area contributed by atoms with E-state index in [1.54, 1.807) is 10.6 Å². The summed E-state index contributed by atoms with van der Waals surface area (Å²) in [6.45, 7) is 0.749. The van der Waals surface area contributed by atoms with E-state index in [2.05, 4.69) is 0 Å². The van der Waals surface area contributed by atoms with Gasteiger partial charge in [0, 0.05) is 12.2 Å². The molecule has 0 saturated carbocycles. The van der Waals surface area contributed by atoms with E-state index in [1.165, 1.54) is 0 Å². The maximum Gasteiger partial charge on any atom is 0.269 e. The summed E-state index contributed by atoms with van der Waals surface area (Å²) in [4.78, 5) is 11.7. The van der Waals surface area contributed by atoms with Crippen molar-refractivity contribution in [3.8, 4) is 0 Å². The van der Waals surface area contributed by atoms with Crippen molar-refractivity contribution in [3.63, 3.8) is 0 Å². The summed E-state index contributed by atoms with van der Waals surface area (Å²) in [7, 11) is 0. The van der Waals surface area contributed by atoms with Crippen molar-refractivity contribution in [1.82, 2.24) is 4.57 Å². The molecule has 1 aliphatic rings. The lowest BCUT2D eigenvalue weighted by Crippen LogP contribution is -2.24. The molecular weight excluding hydrogens is 200 g/mol. The third kappa shape index (κ3) is 1.52. The van der Waals surface area contributed by atoms with E-state index in [-0.39, 0.29) is 10.6 Å². The summed E-state index contributed by atoms with van der Waals surface area (Å²) in [5.41, 5.74) is 7.34. The third-order valence-corrected chi connectivity index (χ3v) is 2.96. The minimum Gasteiger partial charge on any atom is -0.397 e. The van der Waals surface area contributed by atoms with Gasteiger partial charge in [0.05, 0.1) is 5.69 Å². The minimum absolute atomic E-state index is 0.0993. The highest BCUT2D eigenvalue weighted by atomic mass is 35.5. The van der Waals surface area contributed by atoms with Gasteiger partial charge in [0.2, 0.25) is 0 Å². The zero-order chi connectivity index (χ0) is 10.1. The van der Waals surface area contributed by atoms with Crippen molar-refractivity contribution >= 4 is 17.3 Å². The van der Waals surface area contributed by atoms with Crippen LogP contribution in [0.5, 0.6) is 0 Å². The number of fused-ring (bicyclic) bond motifs is 1. The lowest BCUT2D eigenvalue weighted by Gasteiger charge is -2.11. The zero-order valence-corrected chi connectivity index (χ0v) is 8.68. The van der Waals surface area contributed by atoms with Crippen molar-refractivity contribution in [1.29, 1.82) is 0 Å². The normalized spacial score (nSPS) is 16.1. The fourth-order valence-electron chi connectivity index (χ4n) is 1.94. The third-order valence-electron chi connectivity index (χ3n) is 2.69. The molecule has 0 atom stereocenters. The lowest BCUT2D eigenvalue weighted by molar-refractivity contribution is 0.618. The molecule has 0 spiro atoms. The van der Waals surface area contributed by atoms with Crippen molar-refractivity contribution in [2.75, 3.05) is 5.73 Å². The molecular formula is C10H13ClN2O. The van der Waals surface area contributed by atoms with Gasteiger partial charge in [0.25, 0.3) is 5.56 Å². The Balaban J connectivity index is 2.63.